The van der Waals surface area contributed by atoms with Gasteiger partial charge in [0, 0.05) is 5.56 Å². The molecule has 0 aliphatic heterocycles. The van der Waals surface area contributed by atoms with E-state index in [-0.39, 0.29) is 5.56 Å². The average Bonchev–Trinajstić information content (AvgIpc) is 2.13. The van der Waals surface area contributed by atoms with Gasteiger partial charge in [0.05, 0.1) is 0 Å². The standard InChI is InChI=1S/C12H13F3O/c1-6-5-7(2)9(4)10(8(6)3)11(16)12(13,14)15/h5H,1-4H3. The van der Waals surface area contributed by atoms with Crippen LogP contribution in [0.5, 0.6) is 0 Å². The van der Waals surface area contributed by atoms with E-state index in [9.17, 15) is 18.0 Å². The number of carbonyl (C=O) groups is 1. The number of rotatable bonds is 1. The van der Waals surface area contributed by atoms with E-state index in [4.69, 9.17) is 0 Å². The predicted molar refractivity (Wildman–Crippen MR) is 55.8 cm³/mol. The van der Waals surface area contributed by atoms with Gasteiger partial charge >= 0.3 is 6.18 Å². The highest BCUT2D eigenvalue weighted by molar-refractivity contribution is 6.03. The topological polar surface area (TPSA) is 17.1 Å². The van der Waals surface area contributed by atoms with E-state index in [1.807, 2.05) is 0 Å². The van der Waals surface area contributed by atoms with Crippen LogP contribution in [0.4, 0.5) is 13.2 Å². The maximum atomic E-state index is 12.4. The third-order valence-corrected chi connectivity index (χ3v) is 2.85. The van der Waals surface area contributed by atoms with Gasteiger partial charge in [-0.25, -0.2) is 0 Å². The van der Waals surface area contributed by atoms with Gasteiger partial charge < -0.3 is 0 Å². The van der Waals surface area contributed by atoms with Gasteiger partial charge in [-0.15, -0.1) is 0 Å². The van der Waals surface area contributed by atoms with Crippen molar-refractivity contribution in [1.29, 1.82) is 0 Å². The van der Waals surface area contributed by atoms with E-state index >= 15 is 0 Å². The minimum atomic E-state index is -4.81. The molecule has 0 saturated carbocycles. The van der Waals surface area contributed by atoms with Gasteiger partial charge in [-0.3, -0.25) is 4.79 Å². The molecule has 1 rings (SSSR count). The Balaban J connectivity index is 3.50. The molecule has 0 aliphatic carbocycles. The summed E-state index contributed by atoms with van der Waals surface area (Å²) in [5.41, 5.74) is 2.02. The summed E-state index contributed by atoms with van der Waals surface area (Å²) in [4.78, 5) is 11.3. The number of hydrogen-bond donors (Lipinski definition) is 0. The summed E-state index contributed by atoms with van der Waals surface area (Å²) in [6.45, 7) is 6.49. The molecule has 0 bridgehead atoms. The first kappa shape index (κ1) is 12.7. The molecule has 0 N–H and O–H groups in total. The Morgan fingerprint density at radius 1 is 1.00 bits per heavy atom. The molecule has 0 atom stereocenters. The van der Waals surface area contributed by atoms with Crippen molar-refractivity contribution in [3.8, 4) is 0 Å². The van der Waals surface area contributed by atoms with E-state index in [1.165, 1.54) is 0 Å². The lowest BCUT2D eigenvalue weighted by molar-refractivity contribution is -0.0886. The first-order chi connectivity index (χ1) is 7.16. The van der Waals surface area contributed by atoms with Crippen LogP contribution in [0.25, 0.3) is 0 Å². The first-order valence-corrected chi connectivity index (χ1v) is 4.85. The molecule has 16 heavy (non-hydrogen) atoms. The van der Waals surface area contributed by atoms with E-state index in [0.29, 0.717) is 22.3 Å². The van der Waals surface area contributed by atoms with Gasteiger partial charge in [-0.2, -0.15) is 13.2 Å². The van der Waals surface area contributed by atoms with E-state index in [0.717, 1.165) is 0 Å². The molecular weight excluding hydrogens is 217 g/mol. The fraction of sp³-hybridized carbons (Fsp3) is 0.417. The van der Waals surface area contributed by atoms with Crippen LogP contribution in [0.15, 0.2) is 6.07 Å². The van der Waals surface area contributed by atoms with Crippen molar-refractivity contribution in [1.82, 2.24) is 0 Å². The largest absolute Gasteiger partial charge is 0.454 e. The Morgan fingerprint density at radius 2 is 1.38 bits per heavy atom. The molecule has 4 heteroatoms. The molecule has 0 spiro atoms. The Morgan fingerprint density at radius 3 is 1.69 bits per heavy atom. The molecule has 0 saturated heterocycles. The Hall–Kier alpha value is -1.32. The molecule has 1 nitrogen and oxygen atoms in total. The van der Waals surface area contributed by atoms with Crippen molar-refractivity contribution in [3.05, 3.63) is 33.9 Å². The summed E-state index contributed by atoms with van der Waals surface area (Å²) in [5.74, 6) is -1.76. The summed E-state index contributed by atoms with van der Waals surface area (Å²) >= 11 is 0. The van der Waals surface area contributed by atoms with Crippen molar-refractivity contribution in [2.45, 2.75) is 33.9 Å². The zero-order valence-electron chi connectivity index (χ0n) is 9.62. The van der Waals surface area contributed by atoms with Crippen molar-refractivity contribution in [2.24, 2.45) is 0 Å². The Kier molecular flexibility index (Phi) is 3.13. The Labute approximate surface area is 92.3 Å². The number of Topliss-reactive ketones (excluding diaryl/α,β-unsaturated/α-hetero) is 1. The fourth-order valence-electron chi connectivity index (χ4n) is 1.70. The molecule has 0 unspecified atom stereocenters. The lowest BCUT2D eigenvalue weighted by atomic mass is 9.91. The lowest BCUT2D eigenvalue weighted by Crippen LogP contribution is -2.25. The van der Waals surface area contributed by atoms with Crippen LogP contribution in [0.2, 0.25) is 0 Å². The van der Waals surface area contributed by atoms with Gasteiger partial charge in [-0.05, 0) is 49.9 Å². The molecular formula is C12H13F3O. The molecule has 1 aromatic rings. The summed E-state index contributed by atoms with van der Waals surface area (Å²) in [6.07, 6.45) is -4.81. The fourth-order valence-corrected chi connectivity index (χ4v) is 1.70. The third-order valence-electron chi connectivity index (χ3n) is 2.85. The number of alkyl halides is 3. The van der Waals surface area contributed by atoms with Crippen LogP contribution >= 0.6 is 0 Å². The van der Waals surface area contributed by atoms with Gasteiger partial charge in [0.15, 0.2) is 0 Å². The maximum Gasteiger partial charge on any atom is 0.454 e. The second kappa shape index (κ2) is 3.92. The Bertz CT molecular complexity index is 418. The molecule has 0 fully saturated rings. The zero-order chi connectivity index (χ0) is 12.7. The molecule has 88 valence electrons. The second-order valence-electron chi connectivity index (χ2n) is 3.96. The monoisotopic (exact) mass is 230 g/mol. The van der Waals surface area contributed by atoms with Gasteiger partial charge in [0.1, 0.15) is 0 Å². The van der Waals surface area contributed by atoms with E-state index in [2.05, 4.69) is 0 Å². The van der Waals surface area contributed by atoms with Gasteiger partial charge in [0.2, 0.25) is 0 Å². The van der Waals surface area contributed by atoms with Crippen molar-refractivity contribution in [3.63, 3.8) is 0 Å². The van der Waals surface area contributed by atoms with Gasteiger partial charge in [-0.1, -0.05) is 6.07 Å². The minimum absolute atomic E-state index is 0.204. The zero-order valence-corrected chi connectivity index (χ0v) is 9.62. The SMILES string of the molecule is Cc1cc(C)c(C)c(C(=O)C(F)(F)F)c1C. The number of carbonyl (C=O) groups excluding carboxylic acids is 1. The highest BCUT2D eigenvalue weighted by Gasteiger charge is 2.41. The summed E-state index contributed by atoms with van der Waals surface area (Å²) in [5, 5.41) is 0. The maximum absolute atomic E-state index is 12.4. The third kappa shape index (κ3) is 2.10. The number of benzene rings is 1. The van der Waals surface area contributed by atoms with Crippen LogP contribution in [0.3, 0.4) is 0 Å². The van der Waals surface area contributed by atoms with Crippen molar-refractivity contribution in [2.75, 3.05) is 0 Å². The van der Waals surface area contributed by atoms with Crippen molar-refractivity contribution >= 4 is 5.78 Å². The molecule has 0 radical (unpaired) electrons. The first-order valence-electron chi connectivity index (χ1n) is 4.85. The van der Waals surface area contributed by atoms with Crippen LogP contribution < -0.4 is 0 Å². The number of hydrogen-bond acceptors (Lipinski definition) is 1. The highest BCUT2D eigenvalue weighted by Crippen LogP contribution is 2.28. The number of ketones is 1. The molecule has 0 aliphatic rings. The van der Waals surface area contributed by atoms with Crippen LogP contribution in [-0.4, -0.2) is 12.0 Å². The highest BCUT2D eigenvalue weighted by atomic mass is 19.4. The summed E-state index contributed by atoms with van der Waals surface area (Å²) < 4.78 is 37.2. The molecule has 0 amide bonds. The van der Waals surface area contributed by atoms with E-state index in [1.54, 1.807) is 33.8 Å². The number of halogens is 3. The van der Waals surface area contributed by atoms with Crippen LogP contribution in [-0.2, 0) is 0 Å². The predicted octanol–water partition coefficient (Wildman–Crippen LogP) is 3.67. The number of aryl methyl sites for hydroxylation is 2. The lowest BCUT2D eigenvalue weighted by Gasteiger charge is -2.15. The van der Waals surface area contributed by atoms with Crippen LogP contribution in [0, 0.1) is 27.7 Å². The van der Waals surface area contributed by atoms with Crippen molar-refractivity contribution < 1.29 is 18.0 Å². The second-order valence-corrected chi connectivity index (χ2v) is 3.96. The quantitative estimate of drug-likeness (QED) is 0.673. The van der Waals surface area contributed by atoms with Gasteiger partial charge in [0.25, 0.3) is 5.78 Å². The minimum Gasteiger partial charge on any atom is -0.284 e. The normalized spacial score (nSPS) is 11.7. The smallest absolute Gasteiger partial charge is 0.284 e. The molecule has 0 heterocycles. The average molecular weight is 230 g/mol. The summed E-state index contributed by atoms with van der Waals surface area (Å²) in [7, 11) is 0. The van der Waals surface area contributed by atoms with Crippen LogP contribution in [0.1, 0.15) is 32.6 Å². The molecule has 0 aromatic heterocycles. The van der Waals surface area contributed by atoms with E-state index < -0.39 is 12.0 Å². The molecule has 1 aromatic carbocycles. The summed E-state index contributed by atoms with van der Waals surface area (Å²) in [6, 6.07) is 1.79.